The van der Waals surface area contributed by atoms with Gasteiger partial charge in [-0.05, 0) is 18.9 Å². The Balaban J connectivity index is 2.00. The molecular formula is C10H14N2O. The summed E-state index contributed by atoms with van der Waals surface area (Å²) in [6.45, 7) is 0.804. The molecule has 13 heavy (non-hydrogen) atoms. The van der Waals surface area contributed by atoms with E-state index in [-0.39, 0.29) is 0 Å². The highest BCUT2D eigenvalue weighted by Crippen LogP contribution is 2.37. The van der Waals surface area contributed by atoms with E-state index in [0.717, 1.165) is 25.1 Å². The van der Waals surface area contributed by atoms with Crippen LogP contribution in [0, 0.1) is 0 Å². The van der Waals surface area contributed by atoms with E-state index in [4.69, 9.17) is 10.5 Å². The maximum atomic E-state index is 5.82. The third kappa shape index (κ3) is 1.07. The highest BCUT2D eigenvalue weighted by atomic mass is 16.5. The highest BCUT2D eigenvalue weighted by Gasteiger charge is 2.35. The Morgan fingerprint density at radius 2 is 2.38 bits per heavy atom. The Morgan fingerprint density at radius 3 is 3.31 bits per heavy atom. The first-order chi connectivity index (χ1) is 6.33. The normalized spacial score (nSPS) is 36.8. The van der Waals surface area contributed by atoms with Crippen molar-refractivity contribution in [2.75, 3.05) is 6.54 Å². The summed E-state index contributed by atoms with van der Waals surface area (Å²) < 4.78 is 5.82. The van der Waals surface area contributed by atoms with Crippen LogP contribution in [0.3, 0.4) is 0 Å². The Hall–Kier alpha value is -0.960. The molecule has 0 aromatic carbocycles. The number of nitrogens with two attached hydrogens (primary N) is 1. The Kier molecular flexibility index (Phi) is 1.44. The molecule has 0 spiro atoms. The SMILES string of the molecule is NC1=CC2=C(CC3CCC2O3)NC1. The summed E-state index contributed by atoms with van der Waals surface area (Å²) in [5, 5.41) is 3.38. The van der Waals surface area contributed by atoms with Gasteiger partial charge in [-0.3, -0.25) is 0 Å². The minimum atomic E-state index is 0.320. The van der Waals surface area contributed by atoms with Gasteiger partial charge in [-0.1, -0.05) is 0 Å². The molecule has 0 amide bonds. The van der Waals surface area contributed by atoms with E-state index < -0.39 is 0 Å². The van der Waals surface area contributed by atoms with E-state index in [1.807, 2.05) is 0 Å². The van der Waals surface area contributed by atoms with Crippen molar-refractivity contribution in [1.29, 1.82) is 0 Å². The first-order valence-corrected chi connectivity index (χ1v) is 4.91. The zero-order valence-corrected chi connectivity index (χ0v) is 7.55. The van der Waals surface area contributed by atoms with E-state index in [9.17, 15) is 0 Å². The maximum Gasteiger partial charge on any atom is 0.0847 e. The van der Waals surface area contributed by atoms with Gasteiger partial charge in [0.1, 0.15) is 0 Å². The molecule has 3 N–H and O–H groups in total. The van der Waals surface area contributed by atoms with Gasteiger partial charge in [0.25, 0.3) is 0 Å². The lowest BCUT2D eigenvalue weighted by atomic mass is 10.00. The van der Waals surface area contributed by atoms with E-state index in [0.29, 0.717) is 12.2 Å². The molecule has 1 fully saturated rings. The smallest absolute Gasteiger partial charge is 0.0847 e. The molecule has 0 radical (unpaired) electrons. The van der Waals surface area contributed by atoms with E-state index in [1.54, 1.807) is 0 Å². The number of dihydropyridines is 1. The topological polar surface area (TPSA) is 47.3 Å². The van der Waals surface area contributed by atoms with Gasteiger partial charge in [-0.15, -0.1) is 0 Å². The van der Waals surface area contributed by atoms with Crippen LogP contribution in [0.25, 0.3) is 0 Å². The number of rotatable bonds is 0. The lowest BCUT2D eigenvalue weighted by molar-refractivity contribution is 0.0526. The first kappa shape index (κ1) is 7.44. The Bertz CT molecular complexity index is 306. The summed E-state index contributed by atoms with van der Waals surface area (Å²) in [5.74, 6) is 0. The average molecular weight is 178 g/mol. The second-order valence-corrected chi connectivity index (χ2v) is 4.03. The molecule has 70 valence electrons. The van der Waals surface area contributed by atoms with Crippen molar-refractivity contribution in [2.45, 2.75) is 31.5 Å². The third-order valence-electron chi connectivity index (χ3n) is 3.08. The summed E-state index contributed by atoms with van der Waals surface area (Å²) in [5.41, 5.74) is 9.38. The van der Waals surface area contributed by atoms with E-state index >= 15 is 0 Å². The van der Waals surface area contributed by atoms with Crippen LogP contribution >= 0.6 is 0 Å². The van der Waals surface area contributed by atoms with Gasteiger partial charge in [0, 0.05) is 23.4 Å². The molecule has 3 rings (SSSR count). The standard InChI is InChI=1S/C10H14N2O/c11-6-3-8-9(12-5-6)4-7-1-2-10(8)13-7/h3,7,10,12H,1-2,4-5,11H2. The molecule has 0 aromatic rings. The van der Waals surface area contributed by atoms with Crippen LogP contribution in [0.1, 0.15) is 19.3 Å². The molecule has 3 nitrogen and oxygen atoms in total. The fraction of sp³-hybridized carbons (Fsp3) is 0.600. The summed E-state index contributed by atoms with van der Waals surface area (Å²) in [4.78, 5) is 0. The van der Waals surface area contributed by atoms with Gasteiger partial charge in [-0.2, -0.15) is 0 Å². The molecule has 3 aliphatic heterocycles. The summed E-state index contributed by atoms with van der Waals surface area (Å²) in [7, 11) is 0. The number of fused-ring (bicyclic) bond motifs is 3. The van der Waals surface area contributed by atoms with Crippen molar-refractivity contribution >= 4 is 0 Å². The van der Waals surface area contributed by atoms with Crippen LogP contribution in [0.15, 0.2) is 23.0 Å². The van der Waals surface area contributed by atoms with Gasteiger partial charge in [0.2, 0.25) is 0 Å². The predicted molar refractivity (Wildman–Crippen MR) is 49.8 cm³/mol. The highest BCUT2D eigenvalue weighted by molar-refractivity contribution is 5.38. The van der Waals surface area contributed by atoms with Gasteiger partial charge in [0.05, 0.1) is 18.8 Å². The molecule has 0 aromatic heterocycles. The van der Waals surface area contributed by atoms with Crippen LogP contribution in [0.4, 0.5) is 0 Å². The summed E-state index contributed by atoms with van der Waals surface area (Å²) >= 11 is 0. The minimum absolute atomic E-state index is 0.320. The third-order valence-corrected chi connectivity index (χ3v) is 3.08. The lowest BCUT2D eigenvalue weighted by Gasteiger charge is -2.29. The van der Waals surface area contributed by atoms with Gasteiger partial charge in [-0.25, -0.2) is 0 Å². The van der Waals surface area contributed by atoms with Gasteiger partial charge < -0.3 is 15.8 Å². The number of hydrogen-bond donors (Lipinski definition) is 2. The Morgan fingerprint density at radius 1 is 1.46 bits per heavy atom. The van der Waals surface area contributed by atoms with Crippen LogP contribution < -0.4 is 11.1 Å². The molecule has 2 unspecified atom stereocenters. The average Bonchev–Trinajstić information content (AvgIpc) is 2.51. The predicted octanol–water partition coefficient (Wildman–Crippen LogP) is 0.638. The number of hydrogen-bond acceptors (Lipinski definition) is 3. The molecule has 3 heteroatoms. The molecule has 3 aliphatic rings. The lowest BCUT2D eigenvalue weighted by Crippen LogP contribution is -2.33. The molecule has 0 aliphatic carbocycles. The fourth-order valence-electron chi connectivity index (χ4n) is 2.44. The van der Waals surface area contributed by atoms with Crippen molar-refractivity contribution in [3.05, 3.63) is 23.0 Å². The van der Waals surface area contributed by atoms with Gasteiger partial charge in [0.15, 0.2) is 0 Å². The molecular weight excluding hydrogens is 164 g/mol. The van der Waals surface area contributed by atoms with E-state index in [1.165, 1.54) is 17.7 Å². The van der Waals surface area contributed by atoms with Crippen LogP contribution in [-0.4, -0.2) is 18.8 Å². The molecule has 0 saturated carbocycles. The van der Waals surface area contributed by atoms with Crippen LogP contribution in [0.2, 0.25) is 0 Å². The largest absolute Gasteiger partial charge is 0.401 e. The first-order valence-electron chi connectivity index (χ1n) is 4.91. The zero-order valence-electron chi connectivity index (χ0n) is 7.55. The molecule has 2 atom stereocenters. The van der Waals surface area contributed by atoms with Crippen molar-refractivity contribution in [1.82, 2.24) is 5.32 Å². The zero-order chi connectivity index (χ0) is 8.84. The van der Waals surface area contributed by atoms with Crippen molar-refractivity contribution in [2.24, 2.45) is 5.73 Å². The molecule has 2 bridgehead atoms. The minimum Gasteiger partial charge on any atom is -0.401 e. The second kappa shape index (κ2) is 2.51. The molecule has 1 saturated heterocycles. The fourth-order valence-corrected chi connectivity index (χ4v) is 2.44. The summed E-state index contributed by atoms with van der Waals surface area (Å²) in [6.07, 6.45) is 6.29. The molecule has 3 heterocycles. The summed E-state index contributed by atoms with van der Waals surface area (Å²) in [6, 6.07) is 0. The van der Waals surface area contributed by atoms with Crippen molar-refractivity contribution < 1.29 is 4.74 Å². The van der Waals surface area contributed by atoms with Gasteiger partial charge >= 0.3 is 0 Å². The maximum absolute atomic E-state index is 5.82. The van der Waals surface area contributed by atoms with Crippen molar-refractivity contribution in [3.63, 3.8) is 0 Å². The van der Waals surface area contributed by atoms with Crippen LogP contribution in [-0.2, 0) is 4.74 Å². The van der Waals surface area contributed by atoms with Crippen molar-refractivity contribution in [3.8, 4) is 0 Å². The number of nitrogens with one attached hydrogen (secondary N) is 1. The monoisotopic (exact) mass is 178 g/mol. The second-order valence-electron chi connectivity index (χ2n) is 4.03. The van der Waals surface area contributed by atoms with Crippen LogP contribution in [0.5, 0.6) is 0 Å². The Labute approximate surface area is 77.6 Å². The quantitative estimate of drug-likeness (QED) is 0.572. The van der Waals surface area contributed by atoms with E-state index in [2.05, 4.69) is 11.4 Å². The number of ether oxygens (including phenoxy) is 1.